The lowest BCUT2D eigenvalue weighted by Gasteiger charge is -2.21. The van der Waals surface area contributed by atoms with Crippen LogP contribution in [0.2, 0.25) is 19.6 Å². The molecule has 14 heavy (non-hydrogen) atoms. The quantitative estimate of drug-likeness (QED) is 0.403. The zero-order valence-electron chi connectivity index (χ0n) is 10.8. The van der Waals surface area contributed by atoms with Crippen LogP contribution < -0.4 is 0 Å². The molecule has 0 saturated heterocycles. The maximum Gasteiger partial charge on any atom is 0.0720 e. The molecule has 0 heterocycles. The summed E-state index contributed by atoms with van der Waals surface area (Å²) >= 11 is 0. The Bertz CT molecular complexity index is 163. The van der Waals surface area contributed by atoms with E-state index in [1.54, 1.807) is 5.20 Å². The topological polar surface area (TPSA) is 0 Å². The molecule has 0 fully saturated rings. The highest BCUT2D eigenvalue weighted by atomic mass is 28.3. The Morgan fingerprint density at radius 2 is 1.64 bits per heavy atom. The van der Waals surface area contributed by atoms with Crippen LogP contribution in [0.25, 0.3) is 0 Å². The summed E-state index contributed by atoms with van der Waals surface area (Å²) in [6.45, 7) is 12.0. The van der Waals surface area contributed by atoms with E-state index in [4.69, 9.17) is 0 Å². The van der Waals surface area contributed by atoms with Crippen LogP contribution in [0.5, 0.6) is 0 Å². The number of allylic oxidation sites excluding steroid dienone is 2. The summed E-state index contributed by atoms with van der Waals surface area (Å²) < 4.78 is 0. The predicted octanol–water partition coefficient (Wildman–Crippen LogP) is 5.17. The van der Waals surface area contributed by atoms with E-state index in [1.165, 1.54) is 38.5 Å². The molecule has 0 N–H and O–H groups in total. The Kier molecular flexibility index (Phi) is 7.25. The number of unbranched alkanes of at least 4 members (excludes halogenated alkanes) is 3. The average Bonchev–Trinajstić information content (AvgIpc) is 2.09. The molecule has 0 aliphatic carbocycles. The molecule has 0 unspecified atom stereocenters. The SMILES string of the molecule is CCC/C=C(/CCCCC)[Si](C)(C)C. The summed E-state index contributed by atoms with van der Waals surface area (Å²) in [5.74, 6) is 0. The van der Waals surface area contributed by atoms with Crippen LogP contribution in [0.3, 0.4) is 0 Å². The van der Waals surface area contributed by atoms with Crippen LogP contribution >= 0.6 is 0 Å². The predicted molar refractivity (Wildman–Crippen MR) is 70.5 cm³/mol. The van der Waals surface area contributed by atoms with Gasteiger partial charge in [-0.15, -0.1) is 0 Å². The van der Waals surface area contributed by atoms with Gasteiger partial charge < -0.3 is 0 Å². The first-order valence-corrected chi connectivity index (χ1v) is 9.71. The fourth-order valence-electron chi connectivity index (χ4n) is 1.67. The molecular formula is C13H28Si. The molecule has 0 radical (unpaired) electrons. The van der Waals surface area contributed by atoms with E-state index in [0.29, 0.717) is 0 Å². The smallest absolute Gasteiger partial charge is 0.0720 e. The molecule has 0 saturated carbocycles. The first-order chi connectivity index (χ1) is 6.52. The minimum atomic E-state index is -1.01. The highest BCUT2D eigenvalue weighted by molar-refractivity contribution is 6.83. The second-order valence-electron chi connectivity index (χ2n) is 5.23. The Morgan fingerprint density at radius 1 is 1.00 bits per heavy atom. The average molecular weight is 212 g/mol. The van der Waals surface area contributed by atoms with Crippen molar-refractivity contribution in [1.29, 1.82) is 0 Å². The maximum absolute atomic E-state index is 2.53. The van der Waals surface area contributed by atoms with Crippen molar-refractivity contribution in [3.05, 3.63) is 11.3 Å². The highest BCUT2D eigenvalue weighted by Crippen LogP contribution is 2.21. The fourth-order valence-corrected chi connectivity index (χ4v) is 3.35. The van der Waals surface area contributed by atoms with Crippen molar-refractivity contribution in [1.82, 2.24) is 0 Å². The lowest BCUT2D eigenvalue weighted by molar-refractivity contribution is 0.720. The second kappa shape index (κ2) is 7.28. The van der Waals surface area contributed by atoms with E-state index in [0.717, 1.165) is 0 Å². The normalized spacial score (nSPS) is 13.4. The van der Waals surface area contributed by atoms with Gasteiger partial charge in [0.1, 0.15) is 0 Å². The van der Waals surface area contributed by atoms with Gasteiger partial charge in [0.05, 0.1) is 8.07 Å². The molecule has 0 aromatic rings. The van der Waals surface area contributed by atoms with Crippen LogP contribution in [0, 0.1) is 0 Å². The van der Waals surface area contributed by atoms with Crippen LogP contribution in [0.4, 0.5) is 0 Å². The second-order valence-corrected chi connectivity index (χ2v) is 10.4. The van der Waals surface area contributed by atoms with Gasteiger partial charge in [0.25, 0.3) is 0 Å². The maximum atomic E-state index is 2.53. The van der Waals surface area contributed by atoms with Crippen molar-refractivity contribution in [3.63, 3.8) is 0 Å². The van der Waals surface area contributed by atoms with Crippen molar-refractivity contribution >= 4 is 8.07 Å². The summed E-state index contributed by atoms with van der Waals surface area (Å²) in [7, 11) is -1.01. The molecule has 0 spiro atoms. The molecule has 84 valence electrons. The van der Waals surface area contributed by atoms with Crippen LogP contribution in [0.1, 0.15) is 52.4 Å². The first kappa shape index (κ1) is 14.0. The van der Waals surface area contributed by atoms with Gasteiger partial charge in [-0.3, -0.25) is 0 Å². The fraction of sp³-hybridized carbons (Fsp3) is 0.846. The van der Waals surface area contributed by atoms with Crippen molar-refractivity contribution in [2.24, 2.45) is 0 Å². The van der Waals surface area contributed by atoms with Gasteiger partial charge in [-0.1, -0.05) is 64.0 Å². The molecule has 0 bridgehead atoms. The monoisotopic (exact) mass is 212 g/mol. The van der Waals surface area contributed by atoms with Crippen LogP contribution in [0.15, 0.2) is 11.3 Å². The molecule has 0 aromatic carbocycles. The Morgan fingerprint density at radius 3 is 2.07 bits per heavy atom. The molecular weight excluding hydrogens is 184 g/mol. The summed E-state index contributed by atoms with van der Waals surface area (Å²) in [6, 6.07) is 0. The summed E-state index contributed by atoms with van der Waals surface area (Å²) in [4.78, 5) is 0. The standard InChI is InChI=1S/C13H28Si/c1-6-8-10-12-13(11-9-7-2)14(3,4)5/h11H,6-10,12H2,1-5H3/b13-11-. The van der Waals surface area contributed by atoms with Gasteiger partial charge in [0.2, 0.25) is 0 Å². The Balaban J connectivity index is 4.12. The molecule has 0 aliphatic heterocycles. The third-order valence-corrected chi connectivity index (χ3v) is 5.07. The molecule has 1 heteroatoms. The molecule has 0 rings (SSSR count). The summed E-state index contributed by atoms with van der Waals surface area (Å²) in [6.07, 6.45) is 10.6. The van der Waals surface area contributed by atoms with Gasteiger partial charge in [-0.25, -0.2) is 0 Å². The van der Waals surface area contributed by atoms with E-state index in [1.807, 2.05) is 0 Å². The Hall–Kier alpha value is -0.0431. The van der Waals surface area contributed by atoms with Crippen molar-refractivity contribution in [2.75, 3.05) is 0 Å². The summed E-state index contributed by atoms with van der Waals surface area (Å²) in [5.41, 5.74) is 0. The van der Waals surface area contributed by atoms with E-state index < -0.39 is 8.07 Å². The van der Waals surface area contributed by atoms with Gasteiger partial charge >= 0.3 is 0 Å². The number of hydrogen-bond donors (Lipinski definition) is 0. The molecule has 0 aliphatic rings. The third-order valence-electron chi connectivity index (χ3n) is 2.69. The van der Waals surface area contributed by atoms with E-state index >= 15 is 0 Å². The van der Waals surface area contributed by atoms with Crippen molar-refractivity contribution in [3.8, 4) is 0 Å². The minimum absolute atomic E-state index is 1.01. The molecule has 0 atom stereocenters. The third kappa shape index (κ3) is 6.42. The number of rotatable bonds is 7. The zero-order valence-corrected chi connectivity index (χ0v) is 11.8. The first-order valence-electron chi connectivity index (χ1n) is 6.21. The largest absolute Gasteiger partial charge is 0.0892 e. The van der Waals surface area contributed by atoms with E-state index in [-0.39, 0.29) is 0 Å². The number of hydrogen-bond acceptors (Lipinski definition) is 0. The minimum Gasteiger partial charge on any atom is -0.0892 e. The van der Waals surface area contributed by atoms with E-state index in [9.17, 15) is 0 Å². The van der Waals surface area contributed by atoms with Gasteiger partial charge in [-0.2, -0.15) is 0 Å². The molecule has 0 nitrogen and oxygen atoms in total. The zero-order chi connectivity index (χ0) is 11.0. The lowest BCUT2D eigenvalue weighted by atomic mass is 10.2. The van der Waals surface area contributed by atoms with Gasteiger partial charge in [0, 0.05) is 0 Å². The highest BCUT2D eigenvalue weighted by Gasteiger charge is 2.18. The summed E-state index contributed by atoms with van der Waals surface area (Å²) in [5, 5.41) is 1.80. The molecule has 0 aromatic heterocycles. The van der Waals surface area contributed by atoms with Crippen molar-refractivity contribution < 1.29 is 0 Å². The van der Waals surface area contributed by atoms with Gasteiger partial charge in [-0.05, 0) is 19.3 Å². The van der Waals surface area contributed by atoms with Gasteiger partial charge in [0.15, 0.2) is 0 Å². The molecule has 0 amide bonds. The Labute approximate surface area is 91.8 Å². The van der Waals surface area contributed by atoms with Crippen molar-refractivity contribution in [2.45, 2.75) is 72.0 Å². The van der Waals surface area contributed by atoms with E-state index in [2.05, 4.69) is 39.6 Å². The van der Waals surface area contributed by atoms with Crippen LogP contribution in [-0.4, -0.2) is 8.07 Å². The van der Waals surface area contributed by atoms with Crippen LogP contribution in [-0.2, 0) is 0 Å². The lowest BCUT2D eigenvalue weighted by Crippen LogP contribution is -2.24.